The summed E-state index contributed by atoms with van der Waals surface area (Å²) in [5.41, 5.74) is 1.03. The topological polar surface area (TPSA) is 86.3 Å². The van der Waals surface area contributed by atoms with Gasteiger partial charge < -0.3 is 10.2 Å². The lowest BCUT2D eigenvalue weighted by Crippen LogP contribution is -2.47. The second kappa shape index (κ2) is 7.64. The van der Waals surface area contributed by atoms with Crippen molar-refractivity contribution < 1.29 is 9.18 Å². The molecule has 7 nitrogen and oxygen atoms in total. The number of amides is 1. The summed E-state index contributed by atoms with van der Waals surface area (Å²) in [6.45, 7) is 1.02. The van der Waals surface area contributed by atoms with Crippen LogP contribution in [0.4, 0.5) is 10.2 Å². The summed E-state index contributed by atoms with van der Waals surface area (Å²) in [7, 11) is 0. The third kappa shape index (κ3) is 3.39. The van der Waals surface area contributed by atoms with E-state index in [1.54, 1.807) is 16.8 Å². The highest BCUT2D eigenvalue weighted by molar-refractivity contribution is 5.91. The number of hydrogen-bond donors (Lipinski definition) is 1. The van der Waals surface area contributed by atoms with Crippen LogP contribution in [-0.4, -0.2) is 39.4 Å². The van der Waals surface area contributed by atoms with E-state index in [2.05, 4.69) is 15.3 Å². The molecule has 0 aromatic carbocycles. The van der Waals surface area contributed by atoms with Crippen molar-refractivity contribution in [3.8, 4) is 6.07 Å². The number of nitriles is 1. The Balaban J connectivity index is 1.50. The minimum atomic E-state index is -0.517. The molecule has 4 heterocycles. The van der Waals surface area contributed by atoms with E-state index in [0.29, 0.717) is 18.9 Å². The highest BCUT2D eigenvalue weighted by Gasteiger charge is 2.27. The van der Waals surface area contributed by atoms with Gasteiger partial charge in [0.15, 0.2) is 11.6 Å². The number of fused-ring (bicyclic) bond motifs is 1. The van der Waals surface area contributed by atoms with Crippen molar-refractivity contribution in [2.45, 2.75) is 25.3 Å². The first-order valence-electron chi connectivity index (χ1n) is 9.20. The first kappa shape index (κ1) is 17.9. The average Bonchev–Trinajstić information content (AvgIpc) is 3.16. The second-order valence-electron chi connectivity index (χ2n) is 6.77. The fourth-order valence-corrected chi connectivity index (χ4v) is 3.60. The fraction of sp³-hybridized carbons (Fsp3) is 0.300. The van der Waals surface area contributed by atoms with Gasteiger partial charge in [-0.2, -0.15) is 5.26 Å². The molecule has 1 aliphatic heterocycles. The smallest absolute Gasteiger partial charge is 0.287 e. The molecule has 1 fully saturated rings. The van der Waals surface area contributed by atoms with Crippen LogP contribution in [0.3, 0.4) is 0 Å². The number of pyridine rings is 2. The van der Waals surface area contributed by atoms with Gasteiger partial charge in [0.2, 0.25) is 5.82 Å². The number of nitrogens with zero attached hydrogens (tertiary/aromatic N) is 5. The maximum absolute atomic E-state index is 14.4. The second-order valence-corrected chi connectivity index (χ2v) is 6.77. The van der Waals surface area contributed by atoms with Crippen molar-refractivity contribution in [3.05, 3.63) is 60.1 Å². The highest BCUT2D eigenvalue weighted by atomic mass is 19.1. The molecule has 1 N–H and O–H groups in total. The first-order chi connectivity index (χ1) is 13.7. The summed E-state index contributed by atoms with van der Waals surface area (Å²) in [6.07, 6.45) is 7.57. The summed E-state index contributed by atoms with van der Waals surface area (Å²) in [4.78, 5) is 22.8. The lowest BCUT2D eigenvalue weighted by Gasteiger charge is -2.36. The van der Waals surface area contributed by atoms with Crippen molar-refractivity contribution in [1.29, 1.82) is 5.26 Å². The normalized spacial score (nSPS) is 16.7. The van der Waals surface area contributed by atoms with Gasteiger partial charge >= 0.3 is 0 Å². The van der Waals surface area contributed by atoms with Crippen LogP contribution in [0.15, 0.2) is 42.9 Å². The van der Waals surface area contributed by atoms with Crippen LogP contribution < -0.4 is 10.2 Å². The standard InChI is InChI=1S/C20H19FN6O/c21-17-9-14(10-22)11-23-18(17)26-7-3-1-6-16(26)13-25-20(28)19-24-12-15-5-2-4-8-27(15)19/h2,4-5,8-9,11-12,16H,1,3,6-7,13H2,(H,25,28). The van der Waals surface area contributed by atoms with Gasteiger partial charge in [-0.25, -0.2) is 14.4 Å². The predicted octanol–water partition coefficient (Wildman–Crippen LogP) is 2.53. The van der Waals surface area contributed by atoms with Crippen LogP contribution in [0, 0.1) is 17.1 Å². The predicted molar refractivity (Wildman–Crippen MR) is 101 cm³/mol. The summed E-state index contributed by atoms with van der Waals surface area (Å²) < 4.78 is 16.2. The zero-order chi connectivity index (χ0) is 19.5. The zero-order valence-corrected chi connectivity index (χ0v) is 15.2. The monoisotopic (exact) mass is 378 g/mol. The van der Waals surface area contributed by atoms with Gasteiger partial charge in [0.05, 0.1) is 17.3 Å². The molecule has 1 unspecified atom stereocenters. The minimum absolute atomic E-state index is 0.0705. The van der Waals surface area contributed by atoms with Crippen molar-refractivity contribution in [2.24, 2.45) is 0 Å². The van der Waals surface area contributed by atoms with E-state index in [0.717, 1.165) is 24.8 Å². The van der Waals surface area contributed by atoms with Crippen molar-refractivity contribution in [3.63, 3.8) is 0 Å². The highest BCUT2D eigenvalue weighted by Crippen LogP contribution is 2.25. The Morgan fingerprint density at radius 1 is 1.32 bits per heavy atom. The van der Waals surface area contributed by atoms with Gasteiger partial charge in [-0.15, -0.1) is 0 Å². The molecule has 0 radical (unpaired) electrons. The Bertz CT molecular complexity index is 1060. The zero-order valence-electron chi connectivity index (χ0n) is 15.2. The van der Waals surface area contributed by atoms with E-state index >= 15 is 0 Å². The molecule has 0 saturated carbocycles. The molecule has 8 heteroatoms. The van der Waals surface area contributed by atoms with Crippen LogP contribution >= 0.6 is 0 Å². The lowest BCUT2D eigenvalue weighted by molar-refractivity contribution is 0.0938. The number of halogens is 1. The van der Waals surface area contributed by atoms with Gasteiger partial charge in [0.1, 0.15) is 6.07 Å². The Labute approximate surface area is 161 Å². The molecule has 1 saturated heterocycles. The molecule has 142 valence electrons. The third-order valence-electron chi connectivity index (χ3n) is 4.99. The molecule has 0 spiro atoms. The number of hydrogen-bond acceptors (Lipinski definition) is 5. The molecule has 4 rings (SSSR count). The molecule has 1 aliphatic rings. The lowest BCUT2D eigenvalue weighted by atomic mass is 10.0. The molecule has 3 aromatic rings. The molecule has 0 aliphatic carbocycles. The number of carbonyl (C=O) groups excluding carboxylic acids is 1. The van der Waals surface area contributed by atoms with E-state index in [4.69, 9.17) is 5.26 Å². The van der Waals surface area contributed by atoms with Gasteiger partial charge in [0, 0.05) is 31.5 Å². The molecular weight excluding hydrogens is 359 g/mol. The summed E-state index contributed by atoms with van der Waals surface area (Å²) in [5.74, 6) is -0.244. The maximum Gasteiger partial charge on any atom is 0.287 e. The Morgan fingerprint density at radius 2 is 2.21 bits per heavy atom. The number of piperidine rings is 1. The van der Waals surface area contributed by atoms with E-state index in [9.17, 15) is 9.18 Å². The Morgan fingerprint density at radius 3 is 3.04 bits per heavy atom. The summed E-state index contributed by atoms with van der Waals surface area (Å²) in [6, 6.07) is 8.63. The van der Waals surface area contributed by atoms with Gasteiger partial charge in [0.25, 0.3) is 5.91 Å². The molecule has 28 heavy (non-hydrogen) atoms. The van der Waals surface area contributed by atoms with E-state index in [1.807, 2.05) is 29.2 Å². The number of anilines is 1. The third-order valence-corrected chi connectivity index (χ3v) is 4.99. The quantitative estimate of drug-likeness (QED) is 0.754. The minimum Gasteiger partial charge on any atom is -0.349 e. The number of carbonyl (C=O) groups is 1. The average molecular weight is 378 g/mol. The van der Waals surface area contributed by atoms with Gasteiger partial charge in [-0.3, -0.25) is 9.20 Å². The van der Waals surface area contributed by atoms with Crippen LogP contribution in [0.2, 0.25) is 0 Å². The van der Waals surface area contributed by atoms with Gasteiger partial charge in [-0.1, -0.05) is 6.07 Å². The Hall–Kier alpha value is -3.47. The van der Waals surface area contributed by atoms with Crippen molar-refractivity contribution in [1.82, 2.24) is 19.7 Å². The van der Waals surface area contributed by atoms with Crippen LogP contribution in [0.25, 0.3) is 5.52 Å². The SMILES string of the molecule is N#Cc1cnc(N2CCCCC2CNC(=O)c2ncc3ccccn23)c(F)c1. The largest absolute Gasteiger partial charge is 0.349 e. The molecule has 1 atom stereocenters. The molecular formula is C20H19FN6O. The van der Waals surface area contributed by atoms with Crippen molar-refractivity contribution in [2.75, 3.05) is 18.0 Å². The Kier molecular flexibility index (Phi) is 4.89. The van der Waals surface area contributed by atoms with E-state index in [-0.39, 0.29) is 23.3 Å². The maximum atomic E-state index is 14.4. The number of rotatable bonds is 4. The van der Waals surface area contributed by atoms with Crippen LogP contribution in [-0.2, 0) is 0 Å². The fourth-order valence-electron chi connectivity index (χ4n) is 3.60. The van der Waals surface area contributed by atoms with Gasteiger partial charge in [-0.05, 0) is 37.5 Å². The number of imidazole rings is 1. The molecule has 0 bridgehead atoms. The molecule has 1 amide bonds. The molecule has 3 aromatic heterocycles. The first-order valence-corrected chi connectivity index (χ1v) is 9.20. The van der Waals surface area contributed by atoms with E-state index < -0.39 is 5.82 Å². The van der Waals surface area contributed by atoms with Crippen molar-refractivity contribution >= 4 is 17.2 Å². The number of nitrogens with one attached hydrogen (secondary N) is 1. The van der Waals surface area contributed by atoms with E-state index in [1.165, 1.54) is 12.3 Å². The summed E-state index contributed by atoms with van der Waals surface area (Å²) >= 11 is 0. The van der Waals surface area contributed by atoms with Crippen LogP contribution in [0.1, 0.15) is 35.4 Å². The number of aromatic nitrogens is 3. The summed E-state index contributed by atoms with van der Waals surface area (Å²) in [5, 5.41) is 11.8. The van der Waals surface area contributed by atoms with Crippen LogP contribution in [0.5, 0.6) is 0 Å².